The number of rotatable bonds is 4. The molecule has 0 saturated carbocycles. The molecule has 1 fully saturated rings. The summed E-state index contributed by atoms with van der Waals surface area (Å²) in [6, 6.07) is 1.14. The molecular formula is C12H14F2N2O4S. The van der Waals surface area contributed by atoms with Crippen LogP contribution in [0.4, 0.5) is 14.5 Å². The van der Waals surface area contributed by atoms with Crippen LogP contribution in [0.15, 0.2) is 18.2 Å². The monoisotopic (exact) mass is 320 g/mol. The average Bonchev–Trinajstić information content (AvgIpc) is 2.42. The number of carbonyl (C=O) groups is 1. The average molecular weight is 320 g/mol. The molecule has 9 heteroatoms. The Morgan fingerprint density at radius 1 is 1.33 bits per heavy atom. The molecule has 1 aromatic rings. The molecule has 0 amide bonds. The Balaban J connectivity index is 2.28. The molecule has 1 aromatic carbocycles. The summed E-state index contributed by atoms with van der Waals surface area (Å²) in [5.41, 5.74) is -0.551. The topological polar surface area (TPSA) is 86.7 Å². The summed E-state index contributed by atoms with van der Waals surface area (Å²) < 4.78 is 53.6. The van der Waals surface area contributed by atoms with Crippen LogP contribution >= 0.6 is 0 Å². The molecule has 0 bridgehead atoms. The molecule has 116 valence electrons. The maximum atomic E-state index is 13.5. The van der Waals surface area contributed by atoms with Crippen molar-refractivity contribution in [3.05, 3.63) is 29.8 Å². The van der Waals surface area contributed by atoms with Crippen LogP contribution in [0.25, 0.3) is 0 Å². The Morgan fingerprint density at radius 2 is 2.05 bits per heavy atom. The Hall–Kier alpha value is -1.74. The lowest BCUT2D eigenvalue weighted by atomic mass is 10.1. The number of hydrogen-bond acceptors (Lipinski definition) is 3. The number of nitrogens with one attached hydrogen (secondary N) is 1. The van der Waals surface area contributed by atoms with E-state index < -0.39 is 39.5 Å². The number of carboxylic acids is 1. The molecule has 1 saturated heterocycles. The second-order valence-electron chi connectivity index (χ2n) is 4.69. The van der Waals surface area contributed by atoms with Gasteiger partial charge in [-0.3, -0.25) is 9.52 Å². The minimum Gasteiger partial charge on any atom is -0.480 e. The molecule has 2 N–H and O–H groups in total. The zero-order chi connectivity index (χ0) is 15.6. The van der Waals surface area contributed by atoms with E-state index in [1.165, 1.54) is 0 Å². The summed E-state index contributed by atoms with van der Waals surface area (Å²) in [6.07, 6.45) is 1.29. The molecule has 21 heavy (non-hydrogen) atoms. The van der Waals surface area contributed by atoms with E-state index in [9.17, 15) is 22.0 Å². The zero-order valence-corrected chi connectivity index (χ0v) is 11.7. The fourth-order valence-electron chi connectivity index (χ4n) is 2.21. The van der Waals surface area contributed by atoms with Crippen molar-refractivity contribution >= 4 is 21.9 Å². The van der Waals surface area contributed by atoms with Crippen LogP contribution in [0, 0.1) is 11.6 Å². The number of piperidine rings is 1. The molecule has 1 heterocycles. The highest BCUT2D eigenvalue weighted by molar-refractivity contribution is 7.90. The van der Waals surface area contributed by atoms with E-state index >= 15 is 0 Å². The number of anilines is 1. The molecule has 0 aromatic heterocycles. The lowest BCUT2D eigenvalue weighted by Gasteiger charge is -2.31. The van der Waals surface area contributed by atoms with Crippen molar-refractivity contribution in [1.82, 2.24) is 4.31 Å². The van der Waals surface area contributed by atoms with Gasteiger partial charge in [0.2, 0.25) is 0 Å². The lowest BCUT2D eigenvalue weighted by Crippen LogP contribution is -2.50. The smallest absolute Gasteiger partial charge is 0.322 e. The van der Waals surface area contributed by atoms with Gasteiger partial charge in [-0.25, -0.2) is 8.78 Å². The van der Waals surface area contributed by atoms with E-state index in [1.807, 2.05) is 4.72 Å². The normalized spacial score (nSPS) is 20.2. The predicted octanol–water partition coefficient (Wildman–Crippen LogP) is 1.56. The lowest BCUT2D eigenvalue weighted by molar-refractivity contribution is -0.142. The summed E-state index contributed by atoms with van der Waals surface area (Å²) in [4.78, 5) is 11.1. The summed E-state index contributed by atoms with van der Waals surface area (Å²) in [6.45, 7) is 0.0171. The third kappa shape index (κ3) is 3.48. The van der Waals surface area contributed by atoms with Gasteiger partial charge in [-0.05, 0) is 31.4 Å². The minimum absolute atomic E-state index is 0.0171. The maximum absolute atomic E-state index is 13.5. The Labute approximate surface area is 120 Å². The summed E-state index contributed by atoms with van der Waals surface area (Å²) >= 11 is 0. The third-order valence-corrected chi connectivity index (χ3v) is 4.75. The van der Waals surface area contributed by atoms with Gasteiger partial charge in [0.25, 0.3) is 0 Å². The predicted molar refractivity (Wildman–Crippen MR) is 70.9 cm³/mol. The number of nitrogens with zero attached hydrogens (tertiary/aromatic N) is 1. The van der Waals surface area contributed by atoms with Crippen LogP contribution in [0.5, 0.6) is 0 Å². The van der Waals surface area contributed by atoms with Gasteiger partial charge < -0.3 is 5.11 Å². The van der Waals surface area contributed by atoms with Crippen molar-refractivity contribution in [2.75, 3.05) is 11.3 Å². The quantitative estimate of drug-likeness (QED) is 0.881. The van der Waals surface area contributed by atoms with Crippen LogP contribution in [0.2, 0.25) is 0 Å². The first-order chi connectivity index (χ1) is 9.81. The van der Waals surface area contributed by atoms with Gasteiger partial charge in [-0.15, -0.1) is 0 Å². The molecule has 1 aliphatic rings. The number of carboxylic acid groups (broad SMARTS) is 1. The fourth-order valence-corrected chi connectivity index (χ4v) is 3.66. The highest BCUT2D eigenvalue weighted by Crippen LogP contribution is 2.24. The van der Waals surface area contributed by atoms with Gasteiger partial charge in [0, 0.05) is 12.6 Å². The summed E-state index contributed by atoms with van der Waals surface area (Å²) in [7, 11) is -4.27. The van der Waals surface area contributed by atoms with E-state index in [2.05, 4.69) is 0 Å². The van der Waals surface area contributed by atoms with E-state index in [1.54, 1.807) is 0 Å². The molecule has 0 spiro atoms. The van der Waals surface area contributed by atoms with Gasteiger partial charge in [0.05, 0.1) is 5.69 Å². The van der Waals surface area contributed by atoms with Crippen LogP contribution < -0.4 is 4.72 Å². The molecule has 1 unspecified atom stereocenters. The first-order valence-electron chi connectivity index (χ1n) is 6.29. The van der Waals surface area contributed by atoms with Gasteiger partial charge in [0.1, 0.15) is 17.7 Å². The number of aliphatic carboxylic acids is 1. The second-order valence-corrected chi connectivity index (χ2v) is 6.32. The van der Waals surface area contributed by atoms with Gasteiger partial charge in [-0.2, -0.15) is 12.7 Å². The molecule has 0 aliphatic carbocycles. The minimum atomic E-state index is -4.27. The van der Waals surface area contributed by atoms with Crippen molar-refractivity contribution in [3.8, 4) is 0 Å². The first-order valence-corrected chi connectivity index (χ1v) is 7.73. The molecule has 1 aliphatic heterocycles. The van der Waals surface area contributed by atoms with Crippen LogP contribution in [0.3, 0.4) is 0 Å². The third-order valence-electron chi connectivity index (χ3n) is 3.21. The van der Waals surface area contributed by atoms with Crippen molar-refractivity contribution in [3.63, 3.8) is 0 Å². The highest BCUT2D eigenvalue weighted by Gasteiger charge is 2.37. The maximum Gasteiger partial charge on any atom is 0.322 e. The Bertz CT molecular complexity index is 651. The second kappa shape index (κ2) is 5.94. The van der Waals surface area contributed by atoms with Crippen LogP contribution in [0.1, 0.15) is 19.3 Å². The van der Waals surface area contributed by atoms with E-state index in [0.717, 1.165) is 16.4 Å². The van der Waals surface area contributed by atoms with Gasteiger partial charge >= 0.3 is 16.2 Å². The van der Waals surface area contributed by atoms with E-state index in [0.29, 0.717) is 18.9 Å². The molecule has 2 rings (SSSR count). The summed E-state index contributed by atoms with van der Waals surface area (Å²) in [5.74, 6) is -3.01. The van der Waals surface area contributed by atoms with Crippen LogP contribution in [-0.2, 0) is 15.0 Å². The van der Waals surface area contributed by atoms with Crippen molar-refractivity contribution < 1.29 is 27.1 Å². The van der Waals surface area contributed by atoms with Crippen molar-refractivity contribution in [1.29, 1.82) is 0 Å². The Morgan fingerprint density at radius 3 is 2.71 bits per heavy atom. The SMILES string of the molecule is O=C(O)C1CCCCN1S(=O)(=O)Nc1cc(F)ccc1F. The van der Waals surface area contributed by atoms with Crippen molar-refractivity contribution in [2.24, 2.45) is 0 Å². The summed E-state index contributed by atoms with van der Waals surface area (Å²) in [5, 5.41) is 9.07. The first kappa shape index (κ1) is 15.6. The zero-order valence-electron chi connectivity index (χ0n) is 10.9. The van der Waals surface area contributed by atoms with Crippen molar-refractivity contribution in [2.45, 2.75) is 25.3 Å². The highest BCUT2D eigenvalue weighted by atomic mass is 32.2. The largest absolute Gasteiger partial charge is 0.480 e. The molecule has 0 radical (unpaired) electrons. The molecule has 6 nitrogen and oxygen atoms in total. The Kier molecular flexibility index (Phi) is 4.43. The number of halogens is 2. The van der Waals surface area contributed by atoms with Crippen LogP contribution in [-0.4, -0.2) is 36.4 Å². The van der Waals surface area contributed by atoms with E-state index in [-0.39, 0.29) is 13.0 Å². The number of hydrogen-bond donors (Lipinski definition) is 2. The van der Waals surface area contributed by atoms with E-state index in [4.69, 9.17) is 5.11 Å². The standard InChI is InChI=1S/C12H14F2N2O4S/c13-8-4-5-9(14)10(7-8)15-21(19,20)16-6-2-1-3-11(16)12(17)18/h4-5,7,11,15H,1-3,6H2,(H,17,18). The fraction of sp³-hybridized carbons (Fsp3) is 0.417. The van der Waals surface area contributed by atoms with Gasteiger partial charge in [0.15, 0.2) is 0 Å². The molecule has 1 atom stereocenters. The van der Waals surface area contributed by atoms with Gasteiger partial charge in [-0.1, -0.05) is 0 Å². The molecular weight excluding hydrogens is 306 g/mol. The number of benzene rings is 1.